The van der Waals surface area contributed by atoms with Crippen LogP contribution in [0.15, 0.2) is 66.4 Å². The number of nitrogens with zero attached hydrogens (tertiary/aromatic N) is 2. The largest absolute Gasteiger partial charge is 0.454 e. The van der Waals surface area contributed by atoms with Crippen molar-refractivity contribution in [2.75, 3.05) is 17.0 Å². The Bertz CT molecular complexity index is 1390. The molecule has 2 aliphatic heterocycles. The van der Waals surface area contributed by atoms with Crippen LogP contribution in [0.2, 0.25) is 0 Å². The van der Waals surface area contributed by atoms with Crippen LogP contribution in [-0.4, -0.2) is 23.5 Å². The Morgan fingerprint density at radius 2 is 1.62 bits per heavy atom. The Kier molecular flexibility index (Phi) is 5.01. The standard InChI is InChI=1S/C25H19N3O6/c1-14-3-7-19(11-15(14)2)27-24(29)22(16-4-8-18(9-5-16)28(31)32)23(25(27)30)26-17-6-10-20-21(12-17)34-13-33-20/h3-12,26H,13H2,1-2H3. The minimum Gasteiger partial charge on any atom is -0.454 e. The van der Waals surface area contributed by atoms with Crippen molar-refractivity contribution in [1.82, 2.24) is 0 Å². The molecule has 0 fully saturated rings. The summed E-state index contributed by atoms with van der Waals surface area (Å²) in [6.45, 7) is 3.95. The molecule has 3 aromatic carbocycles. The third-order valence-corrected chi connectivity index (χ3v) is 5.84. The van der Waals surface area contributed by atoms with E-state index in [1.165, 1.54) is 24.3 Å². The normalized spacial score (nSPS) is 14.7. The topological polar surface area (TPSA) is 111 Å². The molecule has 9 heteroatoms. The van der Waals surface area contributed by atoms with E-state index in [1.54, 1.807) is 30.3 Å². The van der Waals surface area contributed by atoms with Gasteiger partial charge < -0.3 is 14.8 Å². The summed E-state index contributed by atoms with van der Waals surface area (Å²) in [5.41, 5.74) is 3.40. The van der Waals surface area contributed by atoms with Crippen LogP contribution < -0.4 is 19.7 Å². The van der Waals surface area contributed by atoms with E-state index in [0.717, 1.165) is 16.0 Å². The van der Waals surface area contributed by atoms with Crippen molar-refractivity contribution < 1.29 is 24.0 Å². The quantitative estimate of drug-likeness (QED) is 0.345. The summed E-state index contributed by atoms with van der Waals surface area (Å²) in [6, 6.07) is 16.0. The Morgan fingerprint density at radius 1 is 0.882 bits per heavy atom. The number of non-ortho nitro benzene ring substituents is 1. The van der Waals surface area contributed by atoms with Crippen LogP contribution in [0.25, 0.3) is 5.57 Å². The minimum absolute atomic E-state index is 0.0657. The number of nitro benzene ring substituents is 1. The first-order valence-electron chi connectivity index (χ1n) is 10.5. The first-order valence-corrected chi connectivity index (χ1v) is 10.5. The maximum atomic E-state index is 13.5. The number of carbonyl (C=O) groups is 2. The summed E-state index contributed by atoms with van der Waals surface area (Å²) in [5.74, 6) is 0.0515. The molecule has 3 aromatic rings. The van der Waals surface area contributed by atoms with Crippen molar-refractivity contribution in [3.8, 4) is 11.5 Å². The first-order chi connectivity index (χ1) is 16.3. The fraction of sp³-hybridized carbons (Fsp3) is 0.120. The second-order valence-electron chi connectivity index (χ2n) is 7.96. The van der Waals surface area contributed by atoms with Crippen molar-refractivity contribution in [2.24, 2.45) is 0 Å². The van der Waals surface area contributed by atoms with Gasteiger partial charge >= 0.3 is 0 Å². The molecule has 0 saturated heterocycles. The van der Waals surface area contributed by atoms with E-state index in [-0.39, 0.29) is 23.8 Å². The molecule has 170 valence electrons. The lowest BCUT2D eigenvalue weighted by Gasteiger charge is -2.17. The van der Waals surface area contributed by atoms with Gasteiger partial charge in [0.15, 0.2) is 11.5 Å². The minimum atomic E-state index is -0.528. The van der Waals surface area contributed by atoms with E-state index in [9.17, 15) is 19.7 Å². The number of carbonyl (C=O) groups excluding carboxylic acids is 2. The number of imide groups is 1. The first kappa shape index (κ1) is 21.2. The molecule has 0 aliphatic carbocycles. The summed E-state index contributed by atoms with van der Waals surface area (Å²) in [7, 11) is 0. The second-order valence-corrected chi connectivity index (χ2v) is 7.96. The SMILES string of the molecule is Cc1ccc(N2C(=O)C(Nc3ccc4c(c3)OCO4)=C(c3ccc([N+](=O)[O-])cc3)C2=O)cc1C. The maximum Gasteiger partial charge on any atom is 0.282 e. The van der Waals surface area contributed by atoms with Gasteiger partial charge in [0.25, 0.3) is 17.5 Å². The summed E-state index contributed by atoms with van der Waals surface area (Å²) >= 11 is 0. The lowest BCUT2D eigenvalue weighted by molar-refractivity contribution is -0.384. The lowest BCUT2D eigenvalue weighted by atomic mass is 10.0. The molecule has 2 heterocycles. The van der Waals surface area contributed by atoms with Gasteiger partial charge in [-0.2, -0.15) is 0 Å². The third-order valence-electron chi connectivity index (χ3n) is 5.84. The van der Waals surface area contributed by atoms with E-state index >= 15 is 0 Å². The van der Waals surface area contributed by atoms with Crippen molar-refractivity contribution in [2.45, 2.75) is 13.8 Å². The fourth-order valence-corrected chi connectivity index (χ4v) is 3.88. The van der Waals surface area contributed by atoms with E-state index in [0.29, 0.717) is 28.4 Å². The predicted octanol–water partition coefficient (Wildman–Crippen LogP) is 4.34. The molecule has 0 radical (unpaired) electrons. The van der Waals surface area contributed by atoms with Gasteiger partial charge in [0.1, 0.15) is 5.70 Å². The van der Waals surface area contributed by atoms with Crippen LogP contribution in [0.3, 0.4) is 0 Å². The molecule has 5 rings (SSSR count). The molecule has 0 bridgehead atoms. The van der Waals surface area contributed by atoms with E-state index in [4.69, 9.17) is 9.47 Å². The number of rotatable bonds is 5. The second kappa shape index (κ2) is 8.04. The van der Waals surface area contributed by atoms with Crippen molar-refractivity contribution in [3.63, 3.8) is 0 Å². The Balaban J connectivity index is 1.60. The molecule has 0 atom stereocenters. The molecule has 0 spiro atoms. The smallest absolute Gasteiger partial charge is 0.282 e. The highest BCUT2D eigenvalue weighted by molar-refractivity contribution is 6.46. The van der Waals surface area contributed by atoms with Crippen LogP contribution in [0.1, 0.15) is 16.7 Å². The zero-order chi connectivity index (χ0) is 24.0. The van der Waals surface area contributed by atoms with E-state index in [2.05, 4.69) is 5.32 Å². The number of anilines is 2. The van der Waals surface area contributed by atoms with E-state index in [1.807, 2.05) is 19.9 Å². The highest BCUT2D eigenvalue weighted by Crippen LogP contribution is 2.38. The van der Waals surface area contributed by atoms with Gasteiger partial charge in [-0.25, -0.2) is 4.90 Å². The Labute approximate surface area is 194 Å². The molecule has 0 unspecified atom stereocenters. The van der Waals surface area contributed by atoms with Crippen molar-refractivity contribution in [3.05, 3.63) is 93.2 Å². The number of nitrogens with one attached hydrogen (secondary N) is 1. The van der Waals surface area contributed by atoms with Gasteiger partial charge in [0.2, 0.25) is 6.79 Å². The van der Waals surface area contributed by atoms with Crippen LogP contribution >= 0.6 is 0 Å². The van der Waals surface area contributed by atoms with Crippen LogP contribution in [0.4, 0.5) is 17.1 Å². The average Bonchev–Trinajstić information content (AvgIpc) is 3.38. The number of ether oxygens (including phenoxy) is 2. The van der Waals surface area contributed by atoms with Gasteiger partial charge in [-0.05, 0) is 66.9 Å². The molecule has 0 aromatic heterocycles. The maximum absolute atomic E-state index is 13.5. The van der Waals surface area contributed by atoms with Crippen LogP contribution in [-0.2, 0) is 9.59 Å². The molecular formula is C25H19N3O6. The average molecular weight is 457 g/mol. The zero-order valence-corrected chi connectivity index (χ0v) is 18.3. The van der Waals surface area contributed by atoms with Gasteiger partial charge in [0, 0.05) is 23.9 Å². The summed E-state index contributed by atoms with van der Waals surface area (Å²) in [4.78, 5) is 38.7. The molecule has 1 N–H and O–H groups in total. The van der Waals surface area contributed by atoms with Gasteiger partial charge in [0.05, 0.1) is 16.2 Å². The number of fused-ring (bicyclic) bond motifs is 1. The highest BCUT2D eigenvalue weighted by atomic mass is 16.7. The fourth-order valence-electron chi connectivity index (χ4n) is 3.88. The van der Waals surface area contributed by atoms with Crippen molar-refractivity contribution in [1.29, 1.82) is 0 Å². The number of aryl methyl sites for hydroxylation is 2. The predicted molar refractivity (Wildman–Crippen MR) is 125 cm³/mol. The molecular weight excluding hydrogens is 438 g/mol. The number of hydrogen-bond donors (Lipinski definition) is 1. The molecule has 2 aliphatic rings. The molecule has 9 nitrogen and oxygen atoms in total. The molecule has 2 amide bonds. The van der Waals surface area contributed by atoms with Crippen LogP contribution in [0, 0.1) is 24.0 Å². The number of nitro groups is 1. The Hall–Kier alpha value is -4.66. The van der Waals surface area contributed by atoms with E-state index < -0.39 is 16.7 Å². The Morgan fingerprint density at radius 3 is 2.32 bits per heavy atom. The third kappa shape index (κ3) is 3.53. The van der Waals surface area contributed by atoms with Crippen LogP contribution in [0.5, 0.6) is 11.5 Å². The summed E-state index contributed by atoms with van der Waals surface area (Å²) < 4.78 is 10.7. The monoisotopic (exact) mass is 457 g/mol. The zero-order valence-electron chi connectivity index (χ0n) is 18.3. The summed E-state index contributed by atoms with van der Waals surface area (Å²) in [6.07, 6.45) is 0. The lowest BCUT2D eigenvalue weighted by Crippen LogP contribution is -2.32. The number of benzene rings is 3. The van der Waals surface area contributed by atoms with Crippen molar-refractivity contribution >= 4 is 34.4 Å². The van der Waals surface area contributed by atoms with Gasteiger partial charge in [-0.15, -0.1) is 0 Å². The molecule has 0 saturated carbocycles. The highest BCUT2D eigenvalue weighted by Gasteiger charge is 2.40. The molecule has 34 heavy (non-hydrogen) atoms. The summed E-state index contributed by atoms with van der Waals surface area (Å²) in [5, 5.41) is 14.1. The number of amides is 2. The van der Waals surface area contributed by atoms with Gasteiger partial charge in [-0.1, -0.05) is 6.07 Å². The number of hydrogen-bond acceptors (Lipinski definition) is 7. The van der Waals surface area contributed by atoms with Gasteiger partial charge in [-0.3, -0.25) is 19.7 Å².